The highest BCUT2D eigenvalue weighted by Crippen LogP contribution is 2.10. The van der Waals surface area contributed by atoms with Crippen molar-refractivity contribution >= 4 is 15.9 Å². The van der Waals surface area contributed by atoms with Gasteiger partial charge in [-0.25, -0.2) is 13.1 Å². The predicted molar refractivity (Wildman–Crippen MR) is 83.0 cm³/mol. The molecule has 7 heteroatoms. The Kier molecular flexibility index (Phi) is 5.24. The summed E-state index contributed by atoms with van der Waals surface area (Å²) in [4.78, 5) is 16.3. The lowest BCUT2D eigenvalue weighted by Crippen LogP contribution is -2.26. The van der Waals surface area contributed by atoms with Gasteiger partial charge in [0.15, 0.2) is 0 Å². The van der Waals surface area contributed by atoms with Crippen LogP contribution in [0.3, 0.4) is 0 Å². The summed E-state index contributed by atoms with van der Waals surface area (Å²) in [6.45, 7) is 0.465. The molecule has 0 bridgehead atoms. The van der Waals surface area contributed by atoms with Crippen LogP contribution in [-0.4, -0.2) is 32.9 Å². The number of rotatable bonds is 6. The van der Waals surface area contributed by atoms with E-state index in [9.17, 15) is 13.2 Å². The molecular weight excluding hydrogens is 302 g/mol. The number of benzene rings is 1. The van der Waals surface area contributed by atoms with Crippen LogP contribution in [0.25, 0.3) is 0 Å². The smallest absolute Gasteiger partial charge is 0.251 e. The number of pyridine rings is 1. The molecule has 2 N–H and O–H groups in total. The van der Waals surface area contributed by atoms with Crippen molar-refractivity contribution in [3.8, 4) is 0 Å². The molecule has 1 heterocycles. The van der Waals surface area contributed by atoms with E-state index >= 15 is 0 Å². The minimum absolute atomic E-state index is 0.125. The Bertz CT molecular complexity index is 728. The molecule has 0 fully saturated rings. The highest BCUT2D eigenvalue weighted by molar-refractivity contribution is 7.89. The van der Waals surface area contributed by atoms with Crippen LogP contribution in [0.4, 0.5) is 0 Å². The third-order valence-electron chi connectivity index (χ3n) is 3.09. The van der Waals surface area contributed by atoms with Crippen LogP contribution in [0.1, 0.15) is 16.1 Å². The fraction of sp³-hybridized carbons (Fsp3) is 0.200. The first-order chi connectivity index (χ1) is 10.5. The molecule has 0 atom stereocenters. The first kappa shape index (κ1) is 16.1. The first-order valence-electron chi connectivity index (χ1n) is 6.74. The number of carbonyl (C=O) groups is 1. The lowest BCUT2D eigenvalue weighted by molar-refractivity contribution is 0.0954. The third kappa shape index (κ3) is 4.12. The van der Waals surface area contributed by atoms with Crippen LogP contribution in [0, 0.1) is 0 Å². The summed E-state index contributed by atoms with van der Waals surface area (Å²) in [6.07, 6.45) is 2.34. The number of hydrogen-bond acceptors (Lipinski definition) is 4. The van der Waals surface area contributed by atoms with Crippen molar-refractivity contribution in [2.24, 2.45) is 0 Å². The Labute approximate surface area is 129 Å². The number of hydrogen-bond donors (Lipinski definition) is 2. The van der Waals surface area contributed by atoms with Crippen molar-refractivity contribution in [2.45, 2.75) is 11.3 Å². The summed E-state index contributed by atoms with van der Waals surface area (Å²) in [5.74, 6) is -0.246. The van der Waals surface area contributed by atoms with Crippen molar-refractivity contribution in [2.75, 3.05) is 13.6 Å². The number of nitrogens with one attached hydrogen (secondary N) is 2. The average molecular weight is 319 g/mol. The molecule has 116 valence electrons. The van der Waals surface area contributed by atoms with Gasteiger partial charge in [0.1, 0.15) is 0 Å². The van der Waals surface area contributed by atoms with Crippen molar-refractivity contribution in [1.29, 1.82) is 0 Å². The molecule has 22 heavy (non-hydrogen) atoms. The summed E-state index contributed by atoms with van der Waals surface area (Å²) in [6, 6.07) is 11.4. The normalized spacial score (nSPS) is 11.1. The SMILES string of the molecule is CNS(=O)(=O)c1ccc(C(=O)NCCc2ccccn2)cc1. The maximum atomic E-state index is 12.0. The molecule has 1 aromatic heterocycles. The van der Waals surface area contributed by atoms with Gasteiger partial charge in [-0.3, -0.25) is 9.78 Å². The third-order valence-corrected chi connectivity index (χ3v) is 4.52. The summed E-state index contributed by atoms with van der Waals surface area (Å²) in [5.41, 5.74) is 1.31. The first-order valence-corrected chi connectivity index (χ1v) is 8.23. The van der Waals surface area contributed by atoms with Gasteiger partial charge in [0.25, 0.3) is 5.91 Å². The highest BCUT2D eigenvalue weighted by Gasteiger charge is 2.12. The standard InChI is InChI=1S/C15H17N3O3S/c1-16-22(20,21)14-7-5-12(6-8-14)15(19)18-11-9-13-4-2-3-10-17-13/h2-8,10,16H,9,11H2,1H3,(H,18,19). The summed E-state index contributed by atoms with van der Waals surface area (Å²) in [5, 5.41) is 2.78. The highest BCUT2D eigenvalue weighted by atomic mass is 32.2. The van der Waals surface area contributed by atoms with E-state index in [1.165, 1.54) is 31.3 Å². The van der Waals surface area contributed by atoms with Crippen LogP contribution in [-0.2, 0) is 16.4 Å². The van der Waals surface area contributed by atoms with Gasteiger partial charge in [0.05, 0.1) is 4.90 Å². The second kappa shape index (κ2) is 7.15. The maximum Gasteiger partial charge on any atom is 0.251 e. The van der Waals surface area contributed by atoms with Gasteiger partial charge in [-0.15, -0.1) is 0 Å². The number of aromatic nitrogens is 1. The van der Waals surface area contributed by atoms with Gasteiger partial charge in [0, 0.05) is 30.4 Å². The predicted octanol–water partition coefficient (Wildman–Crippen LogP) is 0.962. The van der Waals surface area contributed by atoms with Crippen molar-refractivity contribution in [3.63, 3.8) is 0 Å². The lowest BCUT2D eigenvalue weighted by Gasteiger charge is -2.06. The van der Waals surface area contributed by atoms with Crippen LogP contribution in [0.2, 0.25) is 0 Å². The van der Waals surface area contributed by atoms with E-state index in [4.69, 9.17) is 0 Å². The van der Waals surface area contributed by atoms with Crippen molar-refractivity contribution in [3.05, 3.63) is 59.9 Å². The number of sulfonamides is 1. The van der Waals surface area contributed by atoms with E-state index in [1.54, 1.807) is 6.20 Å². The average Bonchev–Trinajstić information content (AvgIpc) is 2.56. The van der Waals surface area contributed by atoms with Crippen molar-refractivity contribution < 1.29 is 13.2 Å². The second-order valence-corrected chi connectivity index (χ2v) is 6.45. The molecule has 0 aliphatic rings. The van der Waals surface area contributed by atoms with E-state index in [0.29, 0.717) is 18.5 Å². The van der Waals surface area contributed by atoms with Gasteiger partial charge in [-0.1, -0.05) is 6.07 Å². The van der Waals surface area contributed by atoms with E-state index < -0.39 is 10.0 Å². The number of nitrogens with zero attached hydrogens (tertiary/aromatic N) is 1. The van der Waals surface area contributed by atoms with E-state index in [1.807, 2.05) is 18.2 Å². The molecule has 0 spiro atoms. The Hall–Kier alpha value is -2.25. The molecule has 1 amide bonds. The number of carbonyl (C=O) groups excluding carboxylic acids is 1. The fourth-order valence-electron chi connectivity index (χ4n) is 1.86. The lowest BCUT2D eigenvalue weighted by atomic mass is 10.2. The summed E-state index contributed by atoms with van der Waals surface area (Å²) < 4.78 is 25.4. The summed E-state index contributed by atoms with van der Waals surface area (Å²) in [7, 11) is -2.14. The molecule has 0 aliphatic heterocycles. The van der Waals surface area contributed by atoms with Gasteiger partial charge in [-0.2, -0.15) is 0 Å². The van der Waals surface area contributed by atoms with Crippen LogP contribution >= 0.6 is 0 Å². The molecule has 0 aliphatic carbocycles. The van der Waals surface area contributed by atoms with Crippen LogP contribution in [0.5, 0.6) is 0 Å². The molecular formula is C15H17N3O3S. The molecule has 0 saturated carbocycles. The minimum Gasteiger partial charge on any atom is -0.352 e. The van der Waals surface area contributed by atoms with E-state index in [0.717, 1.165) is 5.69 Å². The molecule has 0 unspecified atom stereocenters. The molecule has 2 rings (SSSR count). The minimum atomic E-state index is -3.48. The fourth-order valence-corrected chi connectivity index (χ4v) is 2.59. The molecule has 0 saturated heterocycles. The zero-order valence-electron chi connectivity index (χ0n) is 12.1. The Morgan fingerprint density at radius 1 is 1.14 bits per heavy atom. The van der Waals surface area contributed by atoms with E-state index in [2.05, 4.69) is 15.0 Å². The monoisotopic (exact) mass is 319 g/mol. The Morgan fingerprint density at radius 3 is 2.45 bits per heavy atom. The Morgan fingerprint density at radius 2 is 1.86 bits per heavy atom. The maximum absolute atomic E-state index is 12.0. The van der Waals surface area contributed by atoms with Gasteiger partial charge >= 0.3 is 0 Å². The van der Waals surface area contributed by atoms with E-state index in [-0.39, 0.29) is 10.8 Å². The zero-order valence-corrected chi connectivity index (χ0v) is 12.9. The van der Waals surface area contributed by atoms with Crippen LogP contribution < -0.4 is 10.0 Å². The largest absolute Gasteiger partial charge is 0.352 e. The number of amides is 1. The Balaban J connectivity index is 1.93. The topological polar surface area (TPSA) is 88.2 Å². The molecule has 2 aromatic rings. The van der Waals surface area contributed by atoms with Gasteiger partial charge < -0.3 is 5.32 Å². The molecule has 6 nitrogen and oxygen atoms in total. The van der Waals surface area contributed by atoms with Gasteiger partial charge in [0.2, 0.25) is 10.0 Å². The quantitative estimate of drug-likeness (QED) is 0.830. The molecule has 1 aromatic carbocycles. The van der Waals surface area contributed by atoms with Crippen molar-refractivity contribution in [1.82, 2.24) is 15.0 Å². The molecule has 0 radical (unpaired) electrons. The van der Waals surface area contributed by atoms with Crippen LogP contribution in [0.15, 0.2) is 53.6 Å². The van der Waals surface area contributed by atoms with Gasteiger partial charge in [-0.05, 0) is 43.4 Å². The summed E-state index contributed by atoms with van der Waals surface area (Å²) >= 11 is 0. The second-order valence-electron chi connectivity index (χ2n) is 4.56. The zero-order chi connectivity index (χ0) is 16.0.